The number of nitrogens with one attached hydrogen (secondary N) is 1. The molecule has 1 saturated heterocycles. The molecule has 2 rings (SSSR count). The van der Waals surface area contributed by atoms with Crippen LogP contribution in [0.2, 0.25) is 0 Å². The van der Waals surface area contributed by atoms with Crippen molar-refractivity contribution in [3.8, 4) is 0 Å². The van der Waals surface area contributed by atoms with E-state index in [1.807, 2.05) is 7.05 Å². The first kappa shape index (κ1) is 13.1. The molecule has 1 aliphatic heterocycles. The first-order valence-electron chi connectivity index (χ1n) is 6.53. The van der Waals surface area contributed by atoms with Crippen molar-refractivity contribution in [1.29, 1.82) is 0 Å². The second kappa shape index (κ2) is 5.14. The molecule has 0 radical (unpaired) electrons. The summed E-state index contributed by atoms with van der Waals surface area (Å²) in [5.74, 6) is 0.689. The molecule has 18 heavy (non-hydrogen) atoms. The molecule has 0 atom stereocenters. The van der Waals surface area contributed by atoms with Gasteiger partial charge in [-0.25, -0.2) is 0 Å². The zero-order valence-corrected chi connectivity index (χ0v) is 10.9. The molecule has 1 amide bonds. The first-order chi connectivity index (χ1) is 8.55. The lowest BCUT2D eigenvalue weighted by molar-refractivity contribution is -0.123. The number of hydrogen-bond acceptors (Lipinski definition) is 4. The van der Waals surface area contributed by atoms with Crippen LogP contribution >= 0.6 is 0 Å². The Labute approximate surface area is 107 Å². The zero-order chi connectivity index (χ0) is 13.2. The number of nitrogens with two attached hydrogens (primary N) is 1. The van der Waals surface area contributed by atoms with Gasteiger partial charge in [0.05, 0.1) is 0 Å². The SMILES string of the molecule is CN1CCC(NC(=O)CC2CC2)(C(N)=NO)CC1. The summed E-state index contributed by atoms with van der Waals surface area (Å²) in [6.07, 6.45) is 4.24. The minimum atomic E-state index is -0.659. The second-order valence-electron chi connectivity index (χ2n) is 5.57. The van der Waals surface area contributed by atoms with E-state index in [1.54, 1.807) is 0 Å². The van der Waals surface area contributed by atoms with Crippen molar-refractivity contribution >= 4 is 11.7 Å². The quantitative estimate of drug-likeness (QED) is 0.287. The molecule has 2 fully saturated rings. The number of oxime groups is 1. The highest BCUT2D eigenvalue weighted by Crippen LogP contribution is 2.32. The van der Waals surface area contributed by atoms with Gasteiger partial charge in [0.2, 0.25) is 5.91 Å². The number of carbonyl (C=O) groups excluding carboxylic acids is 1. The molecule has 6 heteroatoms. The van der Waals surface area contributed by atoms with Crippen molar-refractivity contribution < 1.29 is 10.0 Å². The summed E-state index contributed by atoms with van der Waals surface area (Å²) in [5, 5.41) is 15.0. The molecule has 1 saturated carbocycles. The van der Waals surface area contributed by atoms with Crippen LogP contribution in [0.1, 0.15) is 32.1 Å². The molecule has 0 aromatic heterocycles. The Bertz CT molecular complexity index is 344. The molecule has 6 nitrogen and oxygen atoms in total. The largest absolute Gasteiger partial charge is 0.409 e. The van der Waals surface area contributed by atoms with Gasteiger partial charge in [-0.3, -0.25) is 4.79 Å². The fourth-order valence-electron chi connectivity index (χ4n) is 2.44. The maximum Gasteiger partial charge on any atom is 0.221 e. The van der Waals surface area contributed by atoms with Gasteiger partial charge in [-0.2, -0.15) is 0 Å². The summed E-state index contributed by atoms with van der Waals surface area (Å²) < 4.78 is 0. The number of rotatable bonds is 4. The molecule has 0 aromatic carbocycles. The van der Waals surface area contributed by atoms with Crippen molar-refractivity contribution in [3.05, 3.63) is 0 Å². The lowest BCUT2D eigenvalue weighted by Crippen LogP contribution is -2.62. The standard InChI is InChI=1S/C12H22N4O2/c1-16-6-4-12(5-7-16,11(13)15-18)14-10(17)8-9-2-3-9/h9,18H,2-8H2,1H3,(H2,13,15)(H,14,17). The van der Waals surface area contributed by atoms with Crippen LogP contribution in [0, 0.1) is 5.92 Å². The smallest absolute Gasteiger partial charge is 0.221 e. The minimum Gasteiger partial charge on any atom is -0.409 e. The predicted molar refractivity (Wildman–Crippen MR) is 68.4 cm³/mol. The molecule has 0 unspecified atom stereocenters. The van der Waals surface area contributed by atoms with Crippen LogP contribution in [0.25, 0.3) is 0 Å². The summed E-state index contributed by atoms with van der Waals surface area (Å²) >= 11 is 0. The van der Waals surface area contributed by atoms with Crippen LogP contribution in [0.4, 0.5) is 0 Å². The van der Waals surface area contributed by atoms with Gasteiger partial charge < -0.3 is 21.2 Å². The van der Waals surface area contributed by atoms with Crippen LogP contribution in [0.15, 0.2) is 5.16 Å². The first-order valence-corrected chi connectivity index (χ1v) is 6.53. The van der Waals surface area contributed by atoms with Gasteiger partial charge in [0.25, 0.3) is 0 Å². The Hall–Kier alpha value is -1.30. The van der Waals surface area contributed by atoms with Gasteiger partial charge in [-0.1, -0.05) is 5.16 Å². The van der Waals surface area contributed by atoms with Crippen molar-refractivity contribution in [1.82, 2.24) is 10.2 Å². The second-order valence-corrected chi connectivity index (χ2v) is 5.57. The van der Waals surface area contributed by atoms with E-state index in [2.05, 4.69) is 15.4 Å². The van der Waals surface area contributed by atoms with Crippen molar-refractivity contribution in [2.45, 2.75) is 37.6 Å². The van der Waals surface area contributed by atoms with Crippen LogP contribution < -0.4 is 11.1 Å². The Kier molecular flexibility index (Phi) is 3.75. The Morgan fingerprint density at radius 3 is 2.61 bits per heavy atom. The molecule has 1 heterocycles. The van der Waals surface area contributed by atoms with Crippen molar-refractivity contribution in [2.75, 3.05) is 20.1 Å². The monoisotopic (exact) mass is 254 g/mol. The minimum absolute atomic E-state index is 0.0219. The van der Waals surface area contributed by atoms with Crippen LogP contribution in [-0.4, -0.2) is 47.5 Å². The average Bonchev–Trinajstić information content (AvgIpc) is 3.15. The molecule has 0 spiro atoms. The molecule has 2 aliphatic rings. The van der Waals surface area contributed by atoms with E-state index in [4.69, 9.17) is 10.9 Å². The number of carbonyl (C=O) groups is 1. The topological polar surface area (TPSA) is 91.0 Å². The zero-order valence-electron chi connectivity index (χ0n) is 10.9. The van der Waals surface area contributed by atoms with Gasteiger partial charge in [0.15, 0.2) is 5.84 Å². The Balaban J connectivity index is 2.02. The molecule has 4 N–H and O–H groups in total. The Morgan fingerprint density at radius 1 is 1.50 bits per heavy atom. The van der Waals surface area contributed by atoms with Crippen molar-refractivity contribution in [3.63, 3.8) is 0 Å². The molecular weight excluding hydrogens is 232 g/mol. The molecule has 0 bridgehead atoms. The maximum absolute atomic E-state index is 12.0. The lowest BCUT2D eigenvalue weighted by Gasteiger charge is -2.40. The summed E-state index contributed by atoms with van der Waals surface area (Å²) in [6.45, 7) is 1.67. The van der Waals surface area contributed by atoms with E-state index in [-0.39, 0.29) is 11.7 Å². The van der Waals surface area contributed by atoms with E-state index >= 15 is 0 Å². The van der Waals surface area contributed by atoms with Crippen LogP contribution in [-0.2, 0) is 4.79 Å². The highest BCUT2D eigenvalue weighted by atomic mass is 16.4. The number of nitrogens with zero attached hydrogens (tertiary/aromatic N) is 2. The third kappa shape index (κ3) is 2.93. The molecule has 1 aliphatic carbocycles. The van der Waals surface area contributed by atoms with Gasteiger partial charge in [0.1, 0.15) is 5.54 Å². The fourth-order valence-corrected chi connectivity index (χ4v) is 2.44. The lowest BCUT2D eigenvalue weighted by atomic mass is 9.86. The van der Waals surface area contributed by atoms with E-state index < -0.39 is 5.54 Å². The maximum atomic E-state index is 12.0. The number of amidine groups is 1. The summed E-state index contributed by atoms with van der Waals surface area (Å²) in [7, 11) is 2.03. The van der Waals surface area contributed by atoms with Crippen molar-refractivity contribution in [2.24, 2.45) is 16.8 Å². The number of amides is 1. The average molecular weight is 254 g/mol. The number of hydrogen-bond donors (Lipinski definition) is 3. The fraction of sp³-hybridized carbons (Fsp3) is 0.833. The summed E-state index contributed by atoms with van der Waals surface area (Å²) in [6, 6.07) is 0. The summed E-state index contributed by atoms with van der Waals surface area (Å²) in [5.41, 5.74) is 5.13. The molecular formula is C12H22N4O2. The van der Waals surface area contributed by atoms with Gasteiger partial charge in [-0.05, 0) is 38.6 Å². The predicted octanol–water partition coefficient (Wildman–Crippen LogP) is 0.114. The van der Waals surface area contributed by atoms with Gasteiger partial charge in [-0.15, -0.1) is 0 Å². The van der Waals surface area contributed by atoms with Crippen LogP contribution in [0.5, 0.6) is 0 Å². The van der Waals surface area contributed by atoms with E-state index in [0.717, 1.165) is 25.9 Å². The molecule has 0 aromatic rings. The van der Waals surface area contributed by atoms with Crippen LogP contribution in [0.3, 0.4) is 0 Å². The summed E-state index contributed by atoms with van der Waals surface area (Å²) in [4.78, 5) is 14.1. The normalized spacial score (nSPS) is 24.8. The highest BCUT2D eigenvalue weighted by molar-refractivity contribution is 5.94. The van der Waals surface area contributed by atoms with E-state index in [0.29, 0.717) is 25.2 Å². The third-order valence-corrected chi connectivity index (χ3v) is 3.99. The third-order valence-electron chi connectivity index (χ3n) is 3.99. The molecule has 102 valence electrons. The van der Waals surface area contributed by atoms with Gasteiger partial charge >= 0.3 is 0 Å². The number of likely N-dealkylation sites (tertiary alicyclic amines) is 1. The van der Waals surface area contributed by atoms with E-state index in [1.165, 1.54) is 0 Å². The van der Waals surface area contributed by atoms with E-state index in [9.17, 15) is 4.79 Å². The number of piperidine rings is 1. The highest BCUT2D eigenvalue weighted by Gasteiger charge is 2.40. The Morgan fingerprint density at radius 2 is 2.11 bits per heavy atom. The van der Waals surface area contributed by atoms with Gasteiger partial charge in [0, 0.05) is 19.5 Å².